The summed E-state index contributed by atoms with van der Waals surface area (Å²) in [7, 11) is 0. The highest BCUT2D eigenvalue weighted by molar-refractivity contribution is 8.02. The van der Waals surface area contributed by atoms with Gasteiger partial charge in [0.25, 0.3) is 11.6 Å². The molecule has 4 nitrogen and oxygen atoms in total. The summed E-state index contributed by atoms with van der Waals surface area (Å²) < 4.78 is 0. The van der Waals surface area contributed by atoms with Crippen LogP contribution in [0.2, 0.25) is 0 Å². The number of hydrogen-bond donors (Lipinski definition) is 2. The Labute approximate surface area is 104 Å². The zero-order chi connectivity index (χ0) is 12.3. The summed E-state index contributed by atoms with van der Waals surface area (Å²) >= 11 is 1.37. The summed E-state index contributed by atoms with van der Waals surface area (Å²) in [6.07, 6.45) is 1.57. The highest BCUT2D eigenvalue weighted by atomic mass is 32.2. The molecule has 86 valence electrons. The van der Waals surface area contributed by atoms with Gasteiger partial charge in [-0.05, 0) is 11.8 Å². The van der Waals surface area contributed by atoms with Gasteiger partial charge in [-0.25, -0.2) is 4.85 Å². The van der Waals surface area contributed by atoms with E-state index in [-0.39, 0.29) is 17.8 Å². The number of hydrogen-bond acceptors (Lipinski definition) is 3. The monoisotopic (exact) mass is 245 g/mol. The van der Waals surface area contributed by atoms with Crippen LogP contribution in [0.3, 0.4) is 0 Å². The average Bonchev–Trinajstić information content (AvgIpc) is 2.38. The number of benzene rings is 1. The maximum Gasteiger partial charge on any atom is 0.278 e. The third-order valence-electron chi connectivity index (χ3n) is 2.43. The first-order valence-corrected chi connectivity index (χ1v) is 6.27. The fraction of sp³-hybridized carbons (Fsp3) is 0.167. The minimum Gasteiger partial charge on any atom is -0.365 e. The molecule has 1 aliphatic heterocycles. The van der Waals surface area contributed by atoms with Gasteiger partial charge in [-0.15, -0.1) is 11.8 Å². The lowest BCUT2D eigenvalue weighted by Gasteiger charge is -2.27. The quantitative estimate of drug-likeness (QED) is 0.782. The second-order valence-corrected chi connectivity index (χ2v) is 4.27. The van der Waals surface area contributed by atoms with Gasteiger partial charge in [-0.1, -0.05) is 30.3 Å². The molecule has 1 unspecified atom stereocenters. The molecule has 0 bridgehead atoms. The predicted molar refractivity (Wildman–Crippen MR) is 67.6 cm³/mol. The molecule has 0 fully saturated rings. The van der Waals surface area contributed by atoms with Crippen LogP contribution < -0.4 is 10.6 Å². The van der Waals surface area contributed by atoms with Gasteiger partial charge in [0.2, 0.25) is 0 Å². The van der Waals surface area contributed by atoms with E-state index in [4.69, 9.17) is 6.57 Å². The molecule has 0 radical (unpaired) electrons. The summed E-state index contributed by atoms with van der Waals surface area (Å²) in [5.41, 5.74) is 1.10. The Hall–Kier alpha value is -1.93. The first kappa shape index (κ1) is 11.6. The number of rotatable bonds is 2. The largest absolute Gasteiger partial charge is 0.365 e. The van der Waals surface area contributed by atoms with Crippen LogP contribution in [0.4, 0.5) is 0 Å². The summed E-state index contributed by atoms with van der Waals surface area (Å²) in [6.45, 7) is 6.98. The zero-order valence-corrected chi connectivity index (χ0v) is 10.0. The standard InChI is InChI=1S/C12H11N3OS/c1-13-9-11(16)14-10(15-12(9)17-2)8-6-4-3-5-7-8/h3-7,10,15H,2H3,(H,14,16). The topological polar surface area (TPSA) is 45.5 Å². The number of thioether (sulfide) groups is 1. The fourth-order valence-corrected chi connectivity index (χ4v) is 2.17. The molecule has 1 aromatic carbocycles. The van der Waals surface area contributed by atoms with Crippen LogP contribution >= 0.6 is 11.8 Å². The Morgan fingerprint density at radius 3 is 2.59 bits per heavy atom. The van der Waals surface area contributed by atoms with Crippen molar-refractivity contribution in [3.05, 3.63) is 58.0 Å². The molecule has 0 aliphatic carbocycles. The van der Waals surface area contributed by atoms with Gasteiger partial charge in [-0.2, -0.15) is 0 Å². The Balaban J connectivity index is 2.31. The fourth-order valence-electron chi connectivity index (χ4n) is 1.61. The van der Waals surface area contributed by atoms with Gasteiger partial charge in [0.15, 0.2) is 0 Å². The molecule has 5 heteroatoms. The SMILES string of the molecule is [C-]#[N+]C1=C(SC)NC(c2ccccc2)NC1=O. The summed E-state index contributed by atoms with van der Waals surface area (Å²) in [4.78, 5) is 15.0. The number of nitrogens with zero attached hydrogens (tertiary/aromatic N) is 1. The second kappa shape index (κ2) is 4.93. The van der Waals surface area contributed by atoms with E-state index in [1.165, 1.54) is 11.8 Å². The van der Waals surface area contributed by atoms with Crippen LogP contribution in [0.15, 0.2) is 41.1 Å². The van der Waals surface area contributed by atoms with Crippen molar-refractivity contribution in [2.45, 2.75) is 6.17 Å². The van der Waals surface area contributed by atoms with Crippen molar-refractivity contribution < 1.29 is 4.79 Å². The second-order valence-electron chi connectivity index (χ2n) is 3.46. The molecular weight excluding hydrogens is 234 g/mol. The van der Waals surface area contributed by atoms with Crippen LogP contribution in [-0.4, -0.2) is 12.2 Å². The van der Waals surface area contributed by atoms with Gasteiger partial charge >= 0.3 is 0 Å². The van der Waals surface area contributed by atoms with E-state index in [0.29, 0.717) is 5.03 Å². The van der Waals surface area contributed by atoms with Gasteiger partial charge in [-0.3, -0.25) is 4.79 Å². The highest BCUT2D eigenvalue weighted by Gasteiger charge is 2.27. The van der Waals surface area contributed by atoms with Crippen molar-refractivity contribution in [1.29, 1.82) is 0 Å². The lowest BCUT2D eigenvalue weighted by molar-refractivity contribution is -0.118. The third kappa shape index (κ3) is 2.27. The molecule has 1 aliphatic rings. The summed E-state index contributed by atoms with van der Waals surface area (Å²) in [5, 5.41) is 6.53. The maximum absolute atomic E-state index is 11.7. The van der Waals surface area contributed by atoms with E-state index in [9.17, 15) is 4.79 Å². The number of carbonyl (C=O) groups excluding carboxylic acids is 1. The van der Waals surface area contributed by atoms with E-state index in [2.05, 4.69) is 15.5 Å². The molecule has 0 aromatic heterocycles. The molecule has 1 heterocycles. The Bertz CT molecular complexity index is 504. The third-order valence-corrected chi connectivity index (χ3v) is 3.15. The van der Waals surface area contributed by atoms with Crippen molar-refractivity contribution in [3.8, 4) is 0 Å². The van der Waals surface area contributed by atoms with Gasteiger partial charge < -0.3 is 10.6 Å². The molecule has 1 aromatic rings. The minimum absolute atomic E-state index is 0.129. The zero-order valence-electron chi connectivity index (χ0n) is 9.23. The summed E-state index contributed by atoms with van der Waals surface area (Å²) in [6, 6.07) is 9.60. The molecule has 17 heavy (non-hydrogen) atoms. The summed E-state index contributed by atoms with van der Waals surface area (Å²) in [5.74, 6) is -0.322. The van der Waals surface area contributed by atoms with E-state index in [1.807, 2.05) is 36.6 Å². The van der Waals surface area contributed by atoms with E-state index in [0.717, 1.165) is 5.56 Å². The van der Waals surface area contributed by atoms with Crippen LogP contribution in [0.25, 0.3) is 4.85 Å². The molecule has 0 spiro atoms. The van der Waals surface area contributed by atoms with Crippen LogP contribution in [-0.2, 0) is 4.79 Å². The molecule has 2 N–H and O–H groups in total. The van der Waals surface area contributed by atoms with Crippen molar-refractivity contribution >= 4 is 17.7 Å². The number of amides is 1. The molecule has 0 saturated heterocycles. The Kier molecular flexibility index (Phi) is 3.35. The van der Waals surface area contributed by atoms with Crippen LogP contribution in [0, 0.1) is 6.57 Å². The molecule has 0 saturated carbocycles. The van der Waals surface area contributed by atoms with Gasteiger partial charge in [0.05, 0.1) is 11.6 Å². The average molecular weight is 245 g/mol. The molecular formula is C12H11N3OS. The van der Waals surface area contributed by atoms with Crippen molar-refractivity contribution in [2.24, 2.45) is 0 Å². The van der Waals surface area contributed by atoms with Crippen LogP contribution in [0.1, 0.15) is 11.7 Å². The highest BCUT2D eigenvalue weighted by Crippen LogP contribution is 2.24. The van der Waals surface area contributed by atoms with Crippen molar-refractivity contribution in [1.82, 2.24) is 10.6 Å². The first-order valence-electron chi connectivity index (χ1n) is 5.04. The van der Waals surface area contributed by atoms with Crippen LogP contribution in [0.5, 0.6) is 0 Å². The smallest absolute Gasteiger partial charge is 0.278 e. The van der Waals surface area contributed by atoms with Gasteiger partial charge in [0, 0.05) is 0 Å². The first-order chi connectivity index (χ1) is 8.26. The minimum atomic E-state index is -0.322. The van der Waals surface area contributed by atoms with Crippen molar-refractivity contribution in [3.63, 3.8) is 0 Å². The number of nitrogens with one attached hydrogen (secondary N) is 2. The molecule has 1 amide bonds. The lowest BCUT2D eigenvalue weighted by atomic mass is 10.1. The Morgan fingerprint density at radius 1 is 1.29 bits per heavy atom. The van der Waals surface area contributed by atoms with E-state index < -0.39 is 0 Å². The lowest BCUT2D eigenvalue weighted by Crippen LogP contribution is -2.43. The molecule has 2 rings (SSSR count). The predicted octanol–water partition coefficient (Wildman–Crippen LogP) is 1.86. The maximum atomic E-state index is 11.7. The van der Waals surface area contributed by atoms with E-state index >= 15 is 0 Å². The molecule has 1 atom stereocenters. The Morgan fingerprint density at radius 2 is 2.00 bits per heavy atom. The van der Waals surface area contributed by atoms with Crippen molar-refractivity contribution in [2.75, 3.05) is 6.26 Å². The normalized spacial score (nSPS) is 19.3. The number of carbonyl (C=O) groups is 1. The van der Waals surface area contributed by atoms with Gasteiger partial charge in [0.1, 0.15) is 6.17 Å². The van der Waals surface area contributed by atoms with E-state index in [1.54, 1.807) is 0 Å².